The first-order valence-corrected chi connectivity index (χ1v) is 8.64. The highest BCUT2D eigenvalue weighted by molar-refractivity contribution is 7.88. The topological polar surface area (TPSA) is 90.7 Å². The van der Waals surface area contributed by atoms with Crippen LogP contribution in [-0.4, -0.2) is 27.8 Å². The second-order valence-corrected chi connectivity index (χ2v) is 6.89. The lowest BCUT2D eigenvalue weighted by Gasteiger charge is -2.18. The third kappa shape index (κ3) is 4.46. The molecule has 0 aliphatic heterocycles. The van der Waals surface area contributed by atoms with Crippen molar-refractivity contribution < 1.29 is 22.4 Å². The number of ether oxygens (including phenoxy) is 2. The van der Waals surface area contributed by atoms with Crippen molar-refractivity contribution in [2.75, 3.05) is 14.2 Å². The lowest BCUT2D eigenvalue weighted by atomic mass is 10.1. The Bertz CT molecular complexity index is 770. The summed E-state index contributed by atoms with van der Waals surface area (Å²) >= 11 is 0. The maximum Gasteiger partial charge on any atom is 0.219 e. The van der Waals surface area contributed by atoms with Crippen molar-refractivity contribution >= 4 is 10.0 Å². The van der Waals surface area contributed by atoms with E-state index >= 15 is 0 Å². The number of sulfonamides is 1. The standard InChI is InChI=1S/C15H20N2O5S/c1-10-7-13(22-16-10)9-23(18,19)17-11(2)14-8-12(20-3)5-6-15(14)21-4/h5-8,11,17H,9H2,1-4H3/t11-/m1/s1. The average Bonchev–Trinajstić information content (AvgIpc) is 2.90. The van der Waals surface area contributed by atoms with Gasteiger partial charge in [0.05, 0.1) is 19.9 Å². The number of aryl methyl sites for hydroxylation is 1. The molecule has 0 aliphatic rings. The fraction of sp³-hybridized carbons (Fsp3) is 0.400. The third-order valence-electron chi connectivity index (χ3n) is 3.27. The summed E-state index contributed by atoms with van der Waals surface area (Å²) in [4.78, 5) is 0. The number of nitrogens with one attached hydrogen (secondary N) is 1. The largest absolute Gasteiger partial charge is 0.497 e. The molecule has 0 saturated carbocycles. The monoisotopic (exact) mass is 340 g/mol. The molecule has 1 aromatic heterocycles. The zero-order valence-corrected chi connectivity index (χ0v) is 14.3. The Balaban J connectivity index is 2.18. The van der Waals surface area contributed by atoms with Crippen molar-refractivity contribution in [3.05, 3.63) is 41.3 Å². The second-order valence-electron chi connectivity index (χ2n) is 5.14. The molecule has 1 atom stereocenters. The van der Waals surface area contributed by atoms with Crippen molar-refractivity contribution in [3.8, 4) is 11.5 Å². The molecule has 0 fully saturated rings. The molecule has 0 radical (unpaired) electrons. The molecule has 1 aromatic carbocycles. The first-order valence-electron chi connectivity index (χ1n) is 6.98. The van der Waals surface area contributed by atoms with Gasteiger partial charge in [-0.3, -0.25) is 0 Å². The van der Waals surface area contributed by atoms with E-state index in [1.807, 2.05) is 0 Å². The highest BCUT2D eigenvalue weighted by Gasteiger charge is 2.21. The summed E-state index contributed by atoms with van der Waals surface area (Å²) < 4.78 is 42.6. The van der Waals surface area contributed by atoms with E-state index in [0.29, 0.717) is 28.5 Å². The van der Waals surface area contributed by atoms with Gasteiger partial charge >= 0.3 is 0 Å². The Hall–Kier alpha value is -2.06. The van der Waals surface area contributed by atoms with E-state index in [1.165, 1.54) is 7.11 Å². The van der Waals surface area contributed by atoms with Crippen LogP contribution < -0.4 is 14.2 Å². The van der Waals surface area contributed by atoms with Crippen LogP contribution in [0.2, 0.25) is 0 Å². The van der Waals surface area contributed by atoms with Gasteiger partial charge in [-0.1, -0.05) is 5.16 Å². The molecule has 2 aromatic rings. The minimum Gasteiger partial charge on any atom is -0.497 e. The maximum atomic E-state index is 12.3. The maximum absolute atomic E-state index is 12.3. The molecule has 8 heteroatoms. The summed E-state index contributed by atoms with van der Waals surface area (Å²) in [6.07, 6.45) is 0. The van der Waals surface area contributed by atoms with Gasteiger partial charge in [0, 0.05) is 17.7 Å². The first-order chi connectivity index (χ1) is 10.8. The van der Waals surface area contributed by atoms with Crippen LogP contribution in [0, 0.1) is 6.92 Å². The fourth-order valence-electron chi connectivity index (χ4n) is 2.22. The van der Waals surface area contributed by atoms with E-state index in [-0.39, 0.29) is 5.75 Å². The average molecular weight is 340 g/mol. The van der Waals surface area contributed by atoms with Gasteiger partial charge in [-0.15, -0.1) is 0 Å². The van der Waals surface area contributed by atoms with Gasteiger partial charge in [-0.05, 0) is 32.0 Å². The molecule has 1 N–H and O–H groups in total. The highest BCUT2D eigenvalue weighted by atomic mass is 32.2. The quantitative estimate of drug-likeness (QED) is 0.831. The van der Waals surface area contributed by atoms with E-state index in [4.69, 9.17) is 14.0 Å². The molecule has 1 heterocycles. The summed E-state index contributed by atoms with van der Waals surface area (Å²) in [7, 11) is -0.514. The van der Waals surface area contributed by atoms with E-state index in [2.05, 4.69) is 9.88 Å². The van der Waals surface area contributed by atoms with Crippen molar-refractivity contribution in [1.82, 2.24) is 9.88 Å². The fourth-order valence-corrected chi connectivity index (χ4v) is 3.48. The Labute approximate surface area is 135 Å². The summed E-state index contributed by atoms with van der Waals surface area (Å²) in [6, 6.07) is 6.33. The van der Waals surface area contributed by atoms with Crippen LogP contribution in [-0.2, 0) is 15.8 Å². The van der Waals surface area contributed by atoms with Gasteiger partial charge < -0.3 is 14.0 Å². The molecule has 23 heavy (non-hydrogen) atoms. The SMILES string of the molecule is COc1ccc(OC)c([C@@H](C)NS(=O)(=O)Cc2cc(C)no2)c1. The number of aromatic nitrogens is 1. The van der Waals surface area contributed by atoms with Crippen LogP contribution in [0.3, 0.4) is 0 Å². The third-order valence-corrected chi connectivity index (χ3v) is 4.65. The van der Waals surface area contributed by atoms with E-state index in [9.17, 15) is 8.42 Å². The molecule has 2 rings (SSSR count). The molecule has 0 bridgehead atoms. The normalized spacial score (nSPS) is 12.9. The predicted molar refractivity (Wildman–Crippen MR) is 85.0 cm³/mol. The Kier molecular flexibility index (Phi) is 5.27. The molecule has 0 amide bonds. The number of benzene rings is 1. The summed E-state index contributed by atoms with van der Waals surface area (Å²) in [5.74, 6) is 1.22. The van der Waals surface area contributed by atoms with Crippen molar-refractivity contribution in [1.29, 1.82) is 0 Å². The Morgan fingerprint density at radius 1 is 1.26 bits per heavy atom. The number of rotatable bonds is 7. The summed E-state index contributed by atoms with van der Waals surface area (Å²) in [5, 5.41) is 3.68. The minimum atomic E-state index is -3.59. The summed E-state index contributed by atoms with van der Waals surface area (Å²) in [5.41, 5.74) is 1.32. The number of methoxy groups -OCH3 is 2. The Morgan fingerprint density at radius 3 is 2.57 bits per heavy atom. The zero-order chi connectivity index (χ0) is 17.0. The van der Waals surface area contributed by atoms with Gasteiger partial charge in [-0.2, -0.15) is 0 Å². The molecular formula is C15H20N2O5S. The van der Waals surface area contributed by atoms with Crippen LogP contribution in [0.4, 0.5) is 0 Å². The molecule has 126 valence electrons. The molecular weight excluding hydrogens is 320 g/mol. The lowest BCUT2D eigenvalue weighted by molar-refractivity contribution is 0.387. The van der Waals surface area contributed by atoms with E-state index in [0.717, 1.165) is 0 Å². The van der Waals surface area contributed by atoms with E-state index < -0.39 is 16.1 Å². The molecule has 0 spiro atoms. The molecule has 0 aliphatic carbocycles. The van der Waals surface area contributed by atoms with Crippen LogP contribution in [0.15, 0.2) is 28.8 Å². The van der Waals surface area contributed by atoms with Crippen LogP contribution in [0.1, 0.15) is 30.0 Å². The van der Waals surface area contributed by atoms with Crippen molar-refractivity contribution in [2.45, 2.75) is 25.6 Å². The van der Waals surface area contributed by atoms with E-state index in [1.54, 1.807) is 45.2 Å². The van der Waals surface area contributed by atoms with Gasteiger partial charge in [0.2, 0.25) is 10.0 Å². The van der Waals surface area contributed by atoms with Gasteiger partial charge in [-0.25, -0.2) is 13.1 Å². The highest BCUT2D eigenvalue weighted by Crippen LogP contribution is 2.29. The molecule has 7 nitrogen and oxygen atoms in total. The van der Waals surface area contributed by atoms with Gasteiger partial charge in [0.25, 0.3) is 0 Å². The first kappa shape index (κ1) is 17.3. The number of hydrogen-bond acceptors (Lipinski definition) is 6. The molecule has 0 saturated heterocycles. The van der Waals surface area contributed by atoms with Gasteiger partial charge in [0.1, 0.15) is 17.3 Å². The number of nitrogens with zero attached hydrogens (tertiary/aromatic N) is 1. The second kappa shape index (κ2) is 7.01. The molecule has 0 unspecified atom stereocenters. The number of hydrogen-bond donors (Lipinski definition) is 1. The predicted octanol–water partition coefficient (Wildman–Crippen LogP) is 2.18. The van der Waals surface area contributed by atoms with Crippen LogP contribution in [0.5, 0.6) is 11.5 Å². The Morgan fingerprint density at radius 2 is 2.00 bits per heavy atom. The zero-order valence-electron chi connectivity index (χ0n) is 13.5. The minimum absolute atomic E-state index is 0.273. The summed E-state index contributed by atoms with van der Waals surface area (Å²) in [6.45, 7) is 3.47. The van der Waals surface area contributed by atoms with Crippen LogP contribution in [0.25, 0.3) is 0 Å². The van der Waals surface area contributed by atoms with Crippen molar-refractivity contribution in [3.63, 3.8) is 0 Å². The smallest absolute Gasteiger partial charge is 0.219 e. The van der Waals surface area contributed by atoms with Crippen molar-refractivity contribution in [2.24, 2.45) is 0 Å². The van der Waals surface area contributed by atoms with Crippen LogP contribution >= 0.6 is 0 Å². The van der Waals surface area contributed by atoms with Gasteiger partial charge in [0.15, 0.2) is 5.76 Å². The lowest BCUT2D eigenvalue weighted by Crippen LogP contribution is -2.28.